The van der Waals surface area contributed by atoms with E-state index in [9.17, 15) is 0 Å². The van der Waals surface area contributed by atoms with Crippen LogP contribution in [0.25, 0.3) is 5.76 Å². The molecular weight excluding hydrogens is 266 g/mol. The molecule has 4 heteroatoms. The highest BCUT2D eigenvalue weighted by Crippen LogP contribution is 2.41. The van der Waals surface area contributed by atoms with Crippen LogP contribution in [-0.2, 0) is 9.47 Å². The van der Waals surface area contributed by atoms with E-state index in [-0.39, 0.29) is 12.3 Å². The fraction of sp³-hybridized carbons (Fsp3) is 0.529. The van der Waals surface area contributed by atoms with Gasteiger partial charge in [-0.2, -0.15) is 0 Å². The van der Waals surface area contributed by atoms with Gasteiger partial charge in [-0.05, 0) is 18.1 Å². The van der Waals surface area contributed by atoms with Crippen molar-refractivity contribution in [1.29, 1.82) is 0 Å². The van der Waals surface area contributed by atoms with Gasteiger partial charge in [0.2, 0.25) is 6.23 Å². The van der Waals surface area contributed by atoms with Crippen LogP contribution in [0.1, 0.15) is 25.8 Å². The van der Waals surface area contributed by atoms with E-state index in [0.717, 1.165) is 29.2 Å². The third-order valence-electron chi connectivity index (χ3n) is 4.57. The molecule has 0 spiro atoms. The van der Waals surface area contributed by atoms with E-state index >= 15 is 0 Å². The zero-order valence-corrected chi connectivity index (χ0v) is 13.4. The van der Waals surface area contributed by atoms with E-state index in [2.05, 4.69) is 27.0 Å². The number of hydrogen-bond donors (Lipinski definition) is 1. The first-order chi connectivity index (χ1) is 10.1. The largest absolute Gasteiger partial charge is 0.496 e. The van der Waals surface area contributed by atoms with E-state index in [1.807, 2.05) is 12.1 Å². The summed E-state index contributed by atoms with van der Waals surface area (Å²) in [5, 5.41) is 0. The Bertz CT molecular complexity index is 579. The van der Waals surface area contributed by atoms with Gasteiger partial charge in [-0.15, -0.1) is 0 Å². The van der Waals surface area contributed by atoms with Crippen LogP contribution in [0.15, 0.2) is 23.8 Å². The molecule has 1 aromatic carbocycles. The molecule has 0 bridgehead atoms. The molecule has 0 radical (unpaired) electrons. The van der Waals surface area contributed by atoms with Gasteiger partial charge < -0.3 is 14.2 Å². The van der Waals surface area contributed by atoms with Crippen molar-refractivity contribution in [3.05, 3.63) is 29.3 Å². The Balaban J connectivity index is 2.13. The first-order valence-corrected chi connectivity index (χ1v) is 7.52. The quantitative estimate of drug-likeness (QED) is 0.924. The van der Waals surface area contributed by atoms with Gasteiger partial charge in [-0.3, -0.25) is 4.90 Å². The number of benzene rings is 1. The lowest BCUT2D eigenvalue weighted by Gasteiger charge is -2.30. The zero-order chi connectivity index (χ0) is 15.1. The SMILES string of the molecule is COC1=C2CC(C(C)C)OC2[NH+](C)c2c(OC)cccc21. The number of methoxy groups -OCH3 is 2. The highest BCUT2D eigenvalue weighted by atomic mass is 16.5. The molecule has 3 rings (SSSR count). The maximum Gasteiger partial charge on any atom is 0.223 e. The number of ether oxygens (including phenoxy) is 3. The van der Waals surface area contributed by atoms with E-state index in [1.165, 1.54) is 10.5 Å². The van der Waals surface area contributed by atoms with Crippen LogP contribution in [0, 0.1) is 5.92 Å². The number of fused-ring (bicyclic) bond motifs is 2. The second kappa shape index (κ2) is 5.35. The summed E-state index contributed by atoms with van der Waals surface area (Å²) in [7, 11) is 5.59. The molecule has 2 aliphatic rings. The van der Waals surface area contributed by atoms with Gasteiger partial charge in [0.25, 0.3) is 0 Å². The van der Waals surface area contributed by atoms with Crippen molar-refractivity contribution >= 4 is 11.4 Å². The minimum Gasteiger partial charge on any atom is -0.496 e. The lowest BCUT2D eigenvalue weighted by atomic mass is 9.94. The van der Waals surface area contributed by atoms with Gasteiger partial charge in [0.05, 0.1) is 38.5 Å². The summed E-state index contributed by atoms with van der Waals surface area (Å²) < 4.78 is 17.6. The third kappa shape index (κ3) is 2.14. The minimum absolute atomic E-state index is 0.0242. The summed E-state index contributed by atoms with van der Waals surface area (Å²) in [4.78, 5) is 1.22. The summed E-state index contributed by atoms with van der Waals surface area (Å²) in [6.07, 6.45) is 1.22. The summed E-state index contributed by atoms with van der Waals surface area (Å²) >= 11 is 0. The van der Waals surface area contributed by atoms with E-state index in [4.69, 9.17) is 14.2 Å². The van der Waals surface area contributed by atoms with Crippen LogP contribution >= 0.6 is 0 Å². The summed E-state index contributed by atoms with van der Waals surface area (Å²) in [6.45, 7) is 4.41. The number of rotatable bonds is 3. The standard InChI is InChI=1S/C17H23NO3/c1-10(2)14-9-12-16(20-5)11-7-6-8-13(19-4)15(11)18(3)17(12)21-14/h6-8,10,14,17H,9H2,1-5H3/p+1. The number of hydrogen-bond acceptors (Lipinski definition) is 3. The first-order valence-electron chi connectivity index (χ1n) is 7.52. The normalized spacial score (nSPS) is 27.6. The molecule has 2 aliphatic heterocycles. The highest BCUT2D eigenvalue weighted by molar-refractivity contribution is 5.76. The van der Waals surface area contributed by atoms with Gasteiger partial charge in [0.1, 0.15) is 5.76 Å². The Labute approximate surface area is 126 Å². The maximum atomic E-state index is 6.30. The molecule has 0 amide bonds. The molecule has 0 aliphatic carbocycles. The number of nitrogens with one attached hydrogen (secondary N) is 1. The molecule has 1 N–H and O–H groups in total. The first kappa shape index (κ1) is 14.4. The van der Waals surface area contributed by atoms with Crippen LogP contribution in [0.3, 0.4) is 0 Å². The molecule has 3 unspecified atom stereocenters. The van der Waals surface area contributed by atoms with Crippen molar-refractivity contribution in [3.8, 4) is 5.75 Å². The molecule has 0 saturated carbocycles. The molecular formula is C17H24NO3+. The molecule has 0 aromatic heterocycles. The van der Waals surface area contributed by atoms with Crippen molar-refractivity contribution < 1.29 is 19.1 Å². The Morgan fingerprint density at radius 2 is 2.00 bits per heavy atom. The third-order valence-corrected chi connectivity index (χ3v) is 4.57. The second-order valence-electron chi connectivity index (χ2n) is 6.13. The Kier molecular flexibility index (Phi) is 3.68. The number of quaternary nitrogens is 1. The fourth-order valence-electron chi connectivity index (χ4n) is 3.44. The topological polar surface area (TPSA) is 32.1 Å². The fourth-order valence-corrected chi connectivity index (χ4v) is 3.44. The highest BCUT2D eigenvalue weighted by Gasteiger charge is 2.46. The van der Waals surface area contributed by atoms with Gasteiger partial charge in [0.15, 0.2) is 11.4 Å². The second-order valence-corrected chi connectivity index (χ2v) is 6.13. The van der Waals surface area contributed by atoms with Gasteiger partial charge in [0, 0.05) is 6.42 Å². The van der Waals surface area contributed by atoms with Crippen molar-refractivity contribution in [3.63, 3.8) is 0 Å². The molecule has 1 fully saturated rings. The van der Waals surface area contributed by atoms with Crippen molar-refractivity contribution in [2.24, 2.45) is 5.92 Å². The minimum atomic E-state index is 0.0242. The lowest BCUT2D eigenvalue weighted by Crippen LogP contribution is -3.09. The van der Waals surface area contributed by atoms with Gasteiger partial charge >= 0.3 is 0 Å². The molecule has 4 nitrogen and oxygen atoms in total. The molecule has 1 aromatic rings. The van der Waals surface area contributed by atoms with Crippen molar-refractivity contribution in [2.75, 3.05) is 21.3 Å². The molecule has 21 heavy (non-hydrogen) atoms. The van der Waals surface area contributed by atoms with Crippen LogP contribution in [-0.4, -0.2) is 33.6 Å². The van der Waals surface area contributed by atoms with Gasteiger partial charge in [-0.1, -0.05) is 19.9 Å². The van der Waals surface area contributed by atoms with Crippen LogP contribution in [0.2, 0.25) is 0 Å². The lowest BCUT2D eigenvalue weighted by molar-refractivity contribution is -0.860. The molecule has 2 heterocycles. The van der Waals surface area contributed by atoms with Crippen LogP contribution in [0.5, 0.6) is 5.75 Å². The maximum absolute atomic E-state index is 6.30. The van der Waals surface area contributed by atoms with Crippen LogP contribution in [0.4, 0.5) is 5.69 Å². The average molecular weight is 290 g/mol. The average Bonchev–Trinajstić information content (AvgIpc) is 2.92. The van der Waals surface area contributed by atoms with Gasteiger partial charge in [-0.25, -0.2) is 0 Å². The predicted octanol–water partition coefficient (Wildman–Crippen LogP) is 1.98. The molecule has 114 valence electrons. The summed E-state index contributed by atoms with van der Waals surface area (Å²) in [5.41, 5.74) is 3.51. The molecule has 1 saturated heterocycles. The molecule has 3 atom stereocenters. The van der Waals surface area contributed by atoms with Crippen LogP contribution < -0.4 is 9.64 Å². The van der Waals surface area contributed by atoms with E-state index in [1.54, 1.807) is 14.2 Å². The monoisotopic (exact) mass is 290 g/mol. The van der Waals surface area contributed by atoms with Crippen molar-refractivity contribution in [2.45, 2.75) is 32.6 Å². The Morgan fingerprint density at radius 3 is 2.62 bits per heavy atom. The Morgan fingerprint density at radius 1 is 1.24 bits per heavy atom. The zero-order valence-electron chi connectivity index (χ0n) is 13.4. The Hall–Kier alpha value is -1.52. The van der Waals surface area contributed by atoms with E-state index < -0.39 is 0 Å². The number of likely N-dealkylation sites (N-methyl/N-ethyl adjacent to an activating group) is 1. The van der Waals surface area contributed by atoms with Crippen molar-refractivity contribution in [1.82, 2.24) is 0 Å². The number of para-hydroxylation sites is 1. The smallest absolute Gasteiger partial charge is 0.223 e. The van der Waals surface area contributed by atoms with E-state index in [0.29, 0.717) is 5.92 Å². The summed E-state index contributed by atoms with van der Waals surface area (Å²) in [5.74, 6) is 2.34. The summed E-state index contributed by atoms with van der Waals surface area (Å²) in [6, 6.07) is 6.11. The predicted molar refractivity (Wildman–Crippen MR) is 81.6 cm³/mol.